The molecule has 26 heavy (non-hydrogen) atoms. The van der Waals surface area contributed by atoms with Gasteiger partial charge in [0.25, 0.3) is 5.91 Å². The highest BCUT2D eigenvalue weighted by Crippen LogP contribution is 2.27. The van der Waals surface area contributed by atoms with Gasteiger partial charge in [0.15, 0.2) is 0 Å². The Kier molecular flexibility index (Phi) is 4.73. The molecule has 1 amide bonds. The Morgan fingerprint density at radius 2 is 1.96 bits per heavy atom. The molecule has 1 aromatic heterocycles. The summed E-state index contributed by atoms with van der Waals surface area (Å²) in [5.41, 5.74) is 3.26. The molecule has 6 heteroatoms. The predicted molar refractivity (Wildman–Crippen MR) is 103 cm³/mol. The van der Waals surface area contributed by atoms with E-state index in [0.717, 1.165) is 22.3 Å². The summed E-state index contributed by atoms with van der Waals surface area (Å²) in [7, 11) is 0. The number of pyridine rings is 1. The molecule has 1 fully saturated rings. The fourth-order valence-corrected chi connectivity index (χ4v) is 3.23. The van der Waals surface area contributed by atoms with Crippen LogP contribution in [0, 0.1) is 0 Å². The molecule has 3 aromatic rings. The van der Waals surface area contributed by atoms with Crippen molar-refractivity contribution in [3.8, 4) is 0 Å². The van der Waals surface area contributed by atoms with Crippen molar-refractivity contribution in [2.45, 2.75) is 0 Å². The Morgan fingerprint density at radius 3 is 2.81 bits per heavy atom. The van der Waals surface area contributed by atoms with Crippen LogP contribution in [0.15, 0.2) is 54.7 Å². The number of carbonyl (C=O) groups excluding carboxylic acids is 1. The lowest BCUT2D eigenvalue weighted by Crippen LogP contribution is -2.40. The lowest BCUT2D eigenvalue weighted by atomic mass is 10.1. The van der Waals surface area contributed by atoms with Crippen molar-refractivity contribution in [2.75, 3.05) is 31.6 Å². The van der Waals surface area contributed by atoms with Crippen molar-refractivity contribution in [3.63, 3.8) is 0 Å². The number of amides is 1. The number of aromatic nitrogens is 1. The molecule has 5 nitrogen and oxygen atoms in total. The Bertz CT molecular complexity index is 955. The van der Waals surface area contributed by atoms with Crippen LogP contribution in [0.2, 0.25) is 5.02 Å². The lowest BCUT2D eigenvalue weighted by Gasteiger charge is -2.27. The van der Waals surface area contributed by atoms with E-state index in [0.29, 0.717) is 36.9 Å². The highest BCUT2D eigenvalue weighted by atomic mass is 35.5. The third kappa shape index (κ3) is 3.49. The van der Waals surface area contributed by atoms with Crippen LogP contribution in [0.3, 0.4) is 0 Å². The molecule has 0 saturated carbocycles. The standard InChI is InChI=1S/C20H18ClN3O2/c21-15-4-5-17-18(6-7-22-19(17)13-15)23-16-3-1-2-14(12-16)20(25)24-8-10-26-11-9-24/h1-7,12-13H,8-11H2,(H,22,23). The Balaban J connectivity index is 1.60. The molecule has 0 spiro atoms. The molecule has 0 radical (unpaired) electrons. The molecule has 0 unspecified atom stereocenters. The van der Waals surface area contributed by atoms with E-state index in [1.165, 1.54) is 0 Å². The number of benzene rings is 2. The van der Waals surface area contributed by atoms with E-state index in [9.17, 15) is 4.79 Å². The van der Waals surface area contributed by atoms with E-state index in [-0.39, 0.29) is 5.91 Å². The van der Waals surface area contributed by atoms with Crippen molar-refractivity contribution in [1.29, 1.82) is 0 Å². The number of rotatable bonds is 3. The number of nitrogens with zero attached hydrogens (tertiary/aromatic N) is 2. The monoisotopic (exact) mass is 367 g/mol. The zero-order valence-corrected chi connectivity index (χ0v) is 14.9. The van der Waals surface area contributed by atoms with E-state index < -0.39 is 0 Å². The molecule has 132 valence electrons. The van der Waals surface area contributed by atoms with Gasteiger partial charge in [-0.3, -0.25) is 9.78 Å². The van der Waals surface area contributed by atoms with Crippen molar-refractivity contribution in [3.05, 3.63) is 65.3 Å². The Morgan fingerprint density at radius 1 is 1.12 bits per heavy atom. The average molecular weight is 368 g/mol. The normalized spacial score (nSPS) is 14.4. The van der Waals surface area contributed by atoms with E-state index in [4.69, 9.17) is 16.3 Å². The van der Waals surface area contributed by atoms with Crippen LogP contribution in [-0.2, 0) is 4.74 Å². The molecule has 0 bridgehead atoms. The van der Waals surface area contributed by atoms with Crippen molar-refractivity contribution in [2.24, 2.45) is 0 Å². The third-order valence-electron chi connectivity index (χ3n) is 4.39. The van der Waals surface area contributed by atoms with Crippen LogP contribution < -0.4 is 5.32 Å². The number of anilines is 2. The molecule has 1 aliphatic heterocycles. The second-order valence-electron chi connectivity index (χ2n) is 6.13. The number of hydrogen-bond acceptors (Lipinski definition) is 4. The summed E-state index contributed by atoms with van der Waals surface area (Å²) in [6.45, 7) is 2.45. The van der Waals surface area contributed by atoms with Gasteiger partial charge in [-0.2, -0.15) is 0 Å². The molecular formula is C20H18ClN3O2. The third-order valence-corrected chi connectivity index (χ3v) is 4.63. The first-order valence-electron chi connectivity index (χ1n) is 8.49. The summed E-state index contributed by atoms with van der Waals surface area (Å²) < 4.78 is 5.32. The van der Waals surface area contributed by atoms with Crippen LogP contribution in [-0.4, -0.2) is 42.1 Å². The molecule has 1 saturated heterocycles. The van der Waals surface area contributed by atoms with Crippen LogP contribution >= 0.6 is 11.6 Å². The summed E-state index contributed by atoms with van der Waals surface area (Å²) in [5, 5.41) is 5.01. The molecule has 2 aromatic carbocycles. The van der Waals surface area contributed by atoms with Crippen LogP contribution in [0.5, 0.6) is 0 Å². The topological polar surface area (TPSA) is 54.5 Å². The van der Waals surface area contributed by atoms with E-state index in [2.05, 4.69) is 10.3 Å². The van der Waals surface area contributed by atoms with Crippen LogP contribution in [0.25, 0.3) is 10.9 Å². The van der Waals surface area contributed by atoms with Gasteiger partial charge in [-0.05, 0) is 42.5 Å². The van der Waals surface area contributed by atoms with Gasteiger partial charge < -0.3 is 15.0 Å². The highest BCUT2D eigenvalue weighted by molar-refractivity contribution is 6.31. The van der Waals surface area contributed by atoms with Crippen LogP contribution in [0.1, 0.15) is 10.4 Å². The van der Waals surface area contributed by atoms with E-state index >= 15 is 0 Å². The van der Waals surface area contributed by atoms with Gasteiger partial charge in [0.05, 0.1) is 18.7 Å². The zero-order chi connectivity index (χ0) is 17.9. The fourth-order valence-electron chi connectivity index (χ4n) is 3.06. The molecule has 4 rings (SSSR count). The minimum Gasteiger partial charge on any atom is -0.378 e. The number of halogens is 1. The smallest absolute Gasteiger partial charge is 0.254 e. The number of nitrogens with one attached hydrogen (secondary N) is 1. The average Bonchev–Trinajstić information content (AvgIpc) is 2.68. The van der Waals surface area contributed by atoms with Crippen molar-refractivity contribution >= 4 is 39.8 Å². The van der Waals surface area contributed by atoms with Gasteiger partial charge >= 0.3 is 0 Å². The summed E-state index contributed by atoms with van der Waals surface area (Å²) >= 11 is 6.05. The molecule has 2 heterocycles. The van der Waals surface area contributed by atoms with E-state index in [1.54, 1.807) is 6.20 Å². The summed E-state index contributed by atoms with van der Waals surface area (Å²) in [6, 6.07) is 15.1. The molecule has 0 atom stereocenters. The second-order valence-corrected chi connectivity index (χ2v) is 6.57. The van der Waals surface area contributed by atoms with Gasteiger partial charge in [-0.15, -0.1) is 0 Å². The molecule has 1 aliphatic rings. The molecule has 0 aliphatic carbocycles. The number of carbonyl (C=O) groups is 1. The number of fused-ring (bicyclic) bond motifs is 1. The summed E-state index contributed by atoms with van der Waals surface area (Å²) in [4.78, 5) is 18.9. The maximum absolute atomic E-state index is 12.7. The summed E-state index contributed by atoms with van der Waals surface area (Å²) in [5.74, 6) is 0.0309. The number of ether oxygens (including phenoxy) is 1. The Labute approximate surface area is 156 Å². The fraction of sp³-hybridized carbons (Fsp3) is 0.200. The largest absolute Gasteiger partial charge is 0.378 e. The van der Waals surface area contributed by atoms with Gasteiger partial charge in [0, 0.05) is 46.6 Å². The first-order chi connectivity index (χ1) is 12.7. The maximum Gasteiger partial charge on any atom is 0.254 e. The van der Waals surface area contributed by atoms with Gasteiger partial charge in [-0.1, -0.05) is 17.7 Å². The first-order valence-corrected chi connectivity index (χ1v) is 8.87. The molecule has 1 N–H and O–H groups in total. The lowest BCUT2D eigenvalue weighted by molar-refractivity contribution is 0.0303. The molecular weight excluding hydrogens is 350 g/mol. The van der Waals surface area contributed by atoms with Gasteiger partial charge in [0.1, 0.15) is 0 Å². The van der Waals surface area contributed by atoms with Crippen LogP contribution in [0.4, 0.5) is 11.4 Å². The first kappa shape index (κ1) is 16.8. The highest BCUT2D eigenvalue weighted by Gasteiger charge is 2.18. The van der Waals surface area contributed by atoms with Crippen molar-refractivity contribution in [1.82, 2.24) is 9.88 Å². The Hall–Kier alpha value is -2.63. The minimum atomic E-state index is 0.0309. The van der Waals surface area contributed by atoms with E-state index in [1.807, 2.05) is 53.4 Å². The minimum absolute atomic E-state index is 0.0309. The predicted octanol–water partition coefficient (Wildman–Crippen LogP) is 4.10. The van der Waals surface area contributed by atoms with Gasteiger partial charge in [-0.25, -0.2) is 0 Å². The van der Waals surface area contributed by atoms with Gasteiger partial charge in [0.2, 0.25) is 0 Å². The number of morpholine rings is 1. The maximum atomic E-state index is 12.7. The SMILES string of the molecule is O=C(c1cccc(Nc2ccnc3cc(Cl)ccc23)c1)N1CCOCC1. The zero-order valence-electron chi connectivity index (χ0n) is 14.1. The summed E-state index contributed by atoms with van der Waals surface area (Å²) in [6.07, 6.45) is 1.74. The quantitative estimate of drug-likeness (QED) is 0.757. The number of hydrogen-bond donors (Lipinski definition) is 1. The van der Waals surface area contributed by atoms with Crippen molar-refractivity contribution < 1.29 is 9.53 Å². The second kappa shape index (κ2) is 7.32.